The molecule has 1 rings (SSSR count). The fourth-order valence-corrected chi connectivity index (χ4v) is 2.41. The zero-order chi connectivity index (χ0) is 21.6. The Morgan fingerprint density at radius 2 is 1.69 bits per heavy atom. The van der Waals surface area contributed by atoms with E-state index in [0.717, 1.165) is 5.56 Å². The second kappa shape index (κ2) is 13.2. The highest BCUT2D eigenvalue weighted by molar-refractivity contribution is 7.80. The van der Waals surface area contributed by atoms with Crippen molar-refractivity contribution >= 4 is 42.7 Å². The van der Waals surface area contributed by atoms with Crippen LogP contribution in [0, 0.1) is 0 Å². The van der Waals surface area contributed by atoms with Crippen molar-refractivity contribution in [2.75, 3.05) is 18.8 Å². The van der Waals surface area contributed by atoms with E-state index in [4.69, 9.17) is 5.11 Å². The van der Waals surface area contributed by atoms with Crippen molar-refractivity contribution in [3.63, 3.8) is 0 Å². The van der Waals surface area contributed by atoms with Crippen LogP contribution >= 0.6 is 12.6 Å². The molecular weight excluding hydrogens is 400 g/mol. The van der Waals surface area contributed by atoms with Crippen molar-refractivity contribution in [3.8, 4) is 0 Å². The van der Waals surface area contributed by atoms with E-state index >= 15 is 0 Å². The lowest BCUT2D eigenvalue weighted by atomic mass is 10.1. The number of carbonyl (C=O) groups excluding carboxylic acids is 4. The third-order valence-electron chi connectivity index (χ3n) is 3.66. The van der Waals surface area contributed by atoms with E-state index in [2.05, 4.69) is 33.9 Å². The maximum Gasteiger partial charge on any atom is 0.305 e. The summed E-state index contributed by atoms with van der Waals surface area (Å²) in [7, 11) is 0. The number of carbonyl (C=O) groups is 5. The summed E-state index contributed by atoms with van der Waals surface area (Å²) in [4.78, 5) is 57.2. The normalized spacial score (nSPS) is 11.1. The molecule has 1 unspecified atom stereocenters. The SMILES string of the molecule is O=CNCc1ccc(CC(=O)NC(CC(=O)O)C(=O)NCC(=O)NCCS)cc1. The van der Waals surface area contributed by atoms with E-state index in [1.54, 1.807) is 24.3 Å². The molecule has 1 atom stereocenters. The average molecular weight is 424 g/mol. The van der Waals surface area contributed by atoms with Gasteiger partial charge in [0.1, 0.15) is 6.04 Å². The maximum absolute atomic E-state index is 12.2. The molecule has 1 aromatic carbocycles. The second-order valence-electron chi connectivity index (χ2n) is 6.00. The first-order chi connectivity index (χ1) is 13.8. The summed E-state index contributed by atoms with van der Waals surface area (Å²) >= 11 is 3.94. The third kappa shape index (κ3) is 10.1. The van der Waals surface area contributed by atoms with Gasteiger partial charge in [-0.25, -0.2) is 0 Å². The highest BCUT2D eigenvalue weighted by Crippen LogP contribution is 2.06. The molecule has 0 aliphatic carbocycles. The maximum atomic E-state index is 12.2. The Labute approximate surface area is 173 Å². The van der Waals surface area contributed by atoms with Gasteiger partial charge < -0.3 is 26.4 Å². The molecule has 0 aliphatic rings. The van der Waals surface area contributed by atoms with E-state index in [0.29, 0.717) is 30.8 Å². The molecular formula is C18H24N4O6S. The van der Waals surface area contributed by atoms with Crippen LogP contribution in [0.3, 0.4) is 0 Å². The van der Waals surface area contributed by atoms with Crippen molar-refractivity contribution < 1.29 is 29.1 Å². The zero-order valence-electron chi connectivity index (χ0n) is 15.6. The number of carboxylic acid groups (broad SMARTS) is 1. The number of carboxylic acids is 1. The lowest BCUT2D eigenvalue weighted by molar-refractivity contribution is -0.140. The van der Waals surface area contributed by atoms with Crippen molar-refractivity contribution in [2.45, 2.75) is 25.4 Å². The molecule has 10 nitrogen and oxygen atoms in total. The van der Waals surface area contributed by atoms with Crippen LogP contribution in [0.15, 0.2) is 24.3 Å². The molecule has 1 aromatic rings. The van der Waals surface area contributed by atoms with Gasteiger partial charge in [0.2, 0.25) is 24.1 Å². The van der Waals surface area contributed by atoms with Crippen LogP contribution in [0.5, 0.6) is 0 Å². The van der Waals surface area contributed by atoms with E-state index in [1.807, 2.05) is 0 Å². The van der Waals surface area contributed by atoms with Crippen LogP contribution in [0.2, 0.25) is 0 Å². The minimum absolute atomic E-state index is 0.0623. The molecule has 0 fully saturated rings. The Hall–Kier alpha value is -3.08. The number of thiol groups is 1. The Kier molecular flexibility index (Phi) is 10.9. The van der Waals surface area contributed by atoms with Gasteiger partial charge in [0.05, 0.1) is 19.4 Å². The summed E-state index contributed by atoms with van der Waals surface area (Å²) in [5.74, 6) is -2.58. The number of amides is 4. The monoisotopic (exact) mass is 424 g/mol. The third-order valence-corrected chi connectivity index (χ3v) is 3.89. The molecule has 11 heteroatoms. The zero-order valence-corrected chi connectivity index (χ0v) is 16.5. The van der Waals surface area contributed by atoms with Gasteiger partial charge in [-0.3, -0.25) is 24.0 Å². The Balaban J connectivity index is 2.60. The quantitative estimate of drug-likeness (QED) is 0.169. The van der Waals surface area contributed by atoms with Crippen LogP contribution in [-0.2, 0) is 36.9 Å². The first kappa shape index (κ1) is 24.0. The minimum atomic E-state index is -1.31. The van der Waals surface area contributed by atoms with Gasteiger partial charge in [-0.15, -0.1) is 0 Å². The fourth-order valence-electron chi connectivity index (χ4n) is 2.30. The van der Waals surface area contributed by atoms with Crippen molar-refractivity contribution in [1.82, 2.24) is 21.3 Å². The first-order valence-electron chi connectivity index (χ1n) is 8.77. The summed E-state index contributed by atoms with van der Waals surface area (Å²) in [6.07, 6.45) is -0.0988. The summed E-state index contributed by atoms with van der Waals surface area (Å²) in [5.41, 5.74) is 1.50. The number of benzene rings is 1. The Bertz CT molecular complexity index is 726. The van der Waals surface area contributed by atoms with Gasteiger partial charge in [0.15, 0.2) is 0 Å². The topological polar surface area (TPSA) is 154 Å². The number of hydrogen-bond acceptors (Lipinski definition) is 6. The summed E-state index contributed by atoms with van der Waals surface area (Å²) in [6, 6.07) is 5.56. The van der Waals surface area contributed by atoms with Gasteiger partial charge in [-0.05, 0) is 11.1 Å². The van der Waals surface area contributed by atoms with Crippen molar-refractivity contribution in [2.24, 2.45) is 0 Å². The van der Waals surface area contributed by atoms with E-state index < -0.39 is 36.2 Å². The van der Waals surface area contributed by atoms with Gasteiger partial charge in [0.25, 0.3) is 0 Å². The van der Waals surface area contributed by atoms with E-state index in [1.165, 1.54) is 0 Å². The lowest BCUT2D eigenvalue weighted by Gasteiger charge is -2.17. The molecule has 0 heterocycles. The second-order valence-corrected chi connectivity index (χ2v) is 6.45. The van der Waals surface area contributed by atoms with Gasteiger partial charge in [-0.1, -0.05) is 24.3 Å². The van der Waals surface area contributed by atoms with Crippen LogP contribution in [-0.4, -0.2) is 60.1 Å². The summed E-state index contributed by atoms with van der Waals surface area (Å²) < 4.78 is 0. The molecule has 0 aliphatic heterocycles. The highest BCUT2D eigenvalue weighted by Gasteiger charge is 2.24. The molecule has 0 saturated carbocycles. The molecule has 0 radical (unpaired) electrons. The molecule has 29 heavy (non-hydrogen) atoms. The smallest absolute Gasteiger partial charge is 0.305 e. The lowest BCUT2D eigenvalue weighted by Crippen LogP contribution is -2.50. The largest absolute Gasteiger partial charge is 0.481 e. The molecule has 5 N–H and O–H groups in total. The molecule has 4 amide bonds. The van der Waals surface area contributed by atoms with E-state index in [-0.39, 0.29) is 13.0 Å². The number of hydrogen-bond donors (Lipinski definition) is 6. The van der Waals surface area contributed by atoms with Crippen molar-refractivity contribution in [3.05, 3.63) is 35.4 Å². The summed E-state index contributed by atoms with van der Waals surface area (Å²) in [5, 5.41) is 18.7. The molecule has 0 saturated heterocycles. The highest BCUT2D eigenvalue weighted by atomic mass is 32.1. The molecule has 0 bridgehead atoms. The number of rotatable bonds is 13. The first-order valence-corrected chi connectivity index (χ1v) is 9.40. The number of nitrogens with one attached hydrogen (secondary N) is 4. The van der Waals surface area contributed by atoms with E-state index in [9.17, 15) is 24.0 Å². The number of aliphatic carboxylic acids is 1. The Morgan fingerprint density at radius 3 is 2.28 bits per heavy atom. The van der Waals surface area contributed by atoms with Gasteiger partial charge in [0, 0.05) is 18.8 Å². The predicted molar refractivity (Wildman–Crippen MR) is 107 cm³/mol. The van der Waals surface area contributed by atoms with Crippen LogP contribution < -0.4 is 21.3 Å². The standard InChI is InChI=1S/C18H24N4O6S/c23-11-19-9-13-3-1-12(2-4-13)7-15(24)22-14(8-17(26)27)18(28)21-10-16(25)20-5-6-29/h1-4,11,14,29H,5-10H2,(H,19,23)(H,20,25)(H,21,28)(H,22,24)(H,26,27). The van der Waals surface area contributed by atoms with Crippen LogP contribution in [0.4, 0.5) is 0 Å². The molecule has 158 valence electrons. The molecule has 0 aromatic heterocycles. The molecule has 0 spiro atoms. The Morgan fingerprint density at radius 1 is 1.03 bits per heavy atom. The van der Waals surface area contributed by atoms with Crippen molar-refractivity contribution in [1.29, 1.82) is 0 Å². The van der Waals surface area contributed by atoms with Gasteiger partial charge in [-0.2, -0.15) is 12.6 Å². The minimum Gasteiger partial charge on any atom is -0.481 e. The predicted octanol–water partition coefficient (Wildman–Crippen LogP) is -1.40. The van der Waals surface area contributed by atoms with Crippen LogP contribution in [0.25, 0.3) is 0 Å². The average Bonchev–Trinajstić information content (AvgIpc) is 2.69. The summed E-state index contributed by atoms with van der Waals surface area (Å²) in [6.45, 7) is 0.352. The van der Waals surface area contributed by atoms with Gasteiger partial charge >= 0.3 is 5.97 Å². The fraction of sp³-hybridized carbons (Fsp3) is 0.389. The van der Waals surface area contributed by atoms with Crippen LogP contribution in [0.1, 0.15) is 17.5 Å².